The molecule has 0 amide bonds. The largest absolute Gasteiger partial charge is 0.479 e. The molecular weight excluding hydrogens is 288 g/mol. The van der Waals surface area contributed by atoms with Crippen LogP contribution in [0.5, 0.6) is 5.75 Å². The van der Waals surface area contributed by atoms with Gasteiger partial charge in [0.1, 0.15) is 5.82 Å². The fourth-order valence-electron chi connectivity index (χ4n) is 2.05. The Morgan fingerprint density at radius 3 is 2.77 bits per heavy atom. The zero-order valence-corrected chi connectivity index (χ0v) is 12.3. The first-order chi connectivity index (χ1) is 10.6. The zero-order chi connectivity index (χ0) is 15.9. The summed E-state index contributed by atoms with van der Waals surface area (Å²) in [6.45, 7) is 1.99. The van der Waals surface area contributed by atoms with Crippen LogP contribution >= 0.6 is 0 Å². The maximum Gasteiger partial charge on any atom is 0.204 e. The van der Waals surface area contributed by atoms with Crippen molar-refractivity contribution in [1.82, 2.24) is 4.98 Å². The Labute approximate surface area is 128 Å². The minimum Gasteiger partial charge on any atom is -0.479 e. The van der Waals surface area contributed by atoms with Crippen molar-refractivity contribution in [3.05, 3.63) is 59.9 Å². The minimum absolute atomic E-state index is 0.125. The van der Waals surface area contributed by atoms with Crippen LogP contribution in [0.2, 0.25) is 0 Å². The molecule has 0 fully saturated rings. The quantitative estimate of drug-likeness (QED) is 0.720. The summed E-state index contributed by atoms with van der Waals surface area (Å²) in [5, 5.41) is 0. The Bertz CT molecular complexity index is 632. The van der Waals surface area contributed by atoms with Gasteiger partial charge in [0.05, 0.1) is 0 Å². The summed E-state index contributed by atoms with van der Waals surface area (Å²) in [5.74, 6) is -1.89. The molecule has 0 aliphatic carbocycles. The third kappa shape index (κ3) is 4.10. The van der Waals surface area contributed by atoms with Crippen molar-refractivity contribution in [2.24, 2.45) is 0 Å². The predicted octanol–water partition coefficient (Wildman–Crippen LogP) is 4.18. The second kappa shape index (κ2) is 7.64. The molecule has 3 nitrogen and oxygen atoms in total. The minimum atomic E-state index is -0.819. The van der Waals surface area contributed by atoms with E-state index in [-0.39, 0.29) is 11.5 Å². The average molecular weight is 305 g/mol. The molecule has 0 saturated carbocycles. The number of halogens is 2. The van der Waals surface area contributed by atoms with E-state index in [4.69, 9.17) is 4.74 Å². The summed E-state index contributed by atoms with van der Waals surface area (Å²) in [5.41, 5.74) is 0.408. The summed E-state index contributed by atoms with van der Waals surface area (Å²) < 4.78 is 32.2. The van der Waals surface area contributed by atoms with E-state index in [1.807, 2.05) is 6.92 Å². The normalized spacial score (nSPS) is 12.0. The van der Waals surface area contributed by atoms with Crippen LogP contribution in [0, 0.1) is 11.6 Å². The molecule has 0 aliphatic heterocycles. The number of hydrogen-bond acceptors (Lipinski definition) is 3. The summed E-state index contributed by atoms with van der Waals surface area (Å²) in [6, 6.07) is 6.33. The molecule has 1 aromatic carbocycles. The lowest BCUT2D eigenvalue weighted by Crippen LogP contribution is -2.28. The van der Waals surface area contributed by atoms with Crippen molar-refractivity contribution in [2.45, 2.75) is 32.3 Å². The number of hydrogen-bond donors (Lipinski definition) is 0. The first-order valence-corrected chi connectivity index (χ1v) is 7.17. The average Bonchev–Trinajstić information content (AvgIpc) is 2.53. The van der Waals surface area contributed by atoms with Crippen LogP contribution in [0.15, 0.2) is 42.7 Å². The number of carbonyl (C=O) groups excluding carboxylic acids is 1. The highest BCUT2D eigenvalue weighted by Gasteiger charge is 2.23. The maximum absolute atomic E-state index is 13.7. The van der Waals surface area contributed by atoms with Crippen molar-refractivity contribution >= 4 is 5.78 Å². The van der Waals surface area contributed by atoms with Crippen molar-refractivity contribution in [3.8, 4) is 5.75 Å². The number of aromatic nitrogens is 1. The highest BCUT2D eigenvalue weighted by atomic mass is 19.1. The fraction of sp³-hybridized carbons (Fsp3) is 0.294. The third-order valence-corrected chi connectivity index (χ3v) is 3.22. The van der Waals surface area contributed by atoms with Crippen molar-refractivity contribution < 1.29 is 18.3 Å². The second-order valence-corrected chi connectivity index (χ2v) is 4.93. The van der Waals surface area contributed by atoms with Crippen LogP contribution in [0.1, 0.15) is 36.5 Å². The van der Waals surface area contributed by atoms with Gasteiger partial charge in [-0.2, -0.15) is 0 Å². The van der Waals surface area contributed by atoms with Gasteiger partial charge in [-0.3, -0.25) is 9.78 Å². The molecule has 0 N–H and O–H groups in total. The van der Waals surface area contributed by atoms with Crippen LogP contribution in [0.4, 0.5) is 8.78 Å². The summed E-state index contributed by atoms with van der Waals surface area (Å²) in [6.07, 6.45) is 4.31. The summed E-state index contributed by atoms with van der Waals surface area (Å²) in [7, 11) is 0. The van der Waals surface area contributed by atoms with Gasteiger partial charge in [-0.15, -0.1) is 0 Å². The van der Waals surface area contributed by atoms with E-state index >= 15 is 0 Å². The van der Waals surface area contributed by atoms with Gasteiger partial charge >= 0.3 is 0 Å². The molecule has 1 atom stereocenters. The van der Waals surface area contributed by atoms with Gasteiger partial charge in [-0.1, -0.05) is 13.3 Å². The SMILES string of the molecule is CCCCC(Oc1ccc(F)cc1F)C(=O)c1cccnc1. The number of carbonyl (C=O) groups is 1. The molecule has 2 aromatic rings. The van der Waals surface area contributed by atoms with Gasteiger partial charge in [-0.05, 0) is 37.1 Å². The molecular formula is C17H17F2NO2. The molecule has 1 heterocycles. The van der Waals surface area contributed by atoms with Gasteiger partial charge in [0.2, 0.25) is 5.78 Å². The molecule has 1 unspecified atom stereocenters. The number of Topliss-reactive ketones (excluding diaryl/α,β-unsaturated/α-hetero) is 1. The van der Waals surface area contributed by atoms with Gasteiger partial charge in [-0.25, -0.2) is 8.78 Å². The molecule has 116 valence electrons. The molecule has 0 radical (unpaired) electrons. The summed E-state index contributed by atoms with van der Waals surface area (Å²) in [4.78, 5) is 16.4. The van der Waals surface area contributed by atoms with E-state index in [2.05, 4.69) is 4.98 Å². The first-order valence-electron chi connectivity index (χ1n) is 7.17. The Hall–Kier alpha value is -2.30. The number of nitrogens with zero attached hydrogens (tertiary/aromatic N) is 1. The van der Waals surface area contributed by atoms with Gasteiger partial charge in [0, 0.05) is 24.0 Å². The lowest BCUT2D eigenvalue weighted by Gasteiger charge is -2.18. The number of rotatable bonds is 7. The van der Waals surface area contributed by atoms with Crippen LogP contribution in [0.25, 0.3) is 0 Å². The van der Waals surface area contributed by atoms with Crippen LogP contribution in [0.3, 0.4) is 0 Å². The van der Waals surface area contributed by atoms with Crippen molar-refractivity contribution in [2.75, 3.05) is 0 Å². The topological polar surface area (TPSA) is 39.2 Å². The van der Waals surface area contributed by atoms with Gasteiger partial charge < -0.3 is 4.74 Å². The van der Waals surface area contributed by atoms with Crippen LogP contribution < -0.4 is 4.74 Å². The third-order valence-electron chi connectivity index (χ3n) is 3.22. The Kier molecular flexibility index (Phi) is 5.58. The smallest absolute Gasteiger partial charge is 0.204 e. The number of ether oxygens (including phenoxy) is 1. The Morgan fingerprint density at radius 2 is 2.14 bits per heavy atom. The van der Waals surface area contributed by atoms with E-state index < -0.39 is 17.7 Å². The molecule has 2 rings (SSSR count). The van der Waals surface area contributed by atoms with E-state index in [1.54, 1.807) is 18.3 Å². The van der Waals surface area contributed by atoms with Crippen LogP contribution in [-0.2, 0) is 0 Å². The highest BCUT2D eigenvalue weighted by molar-refractivity contribution is 5.99. The first kappa shape index (κ1) is 16.1. The maximum atomic E-state index is 13.7. The second-order valence-electron chi connectivity index (χ2n) is 4.93. The zero-order valence-electron chi connectivity index (χ0n) is 12.3. The van der Waals surface area contributed by atoms with E-state index in [1.165, 1.54) is 12.3 Å². The number of pyridine rings is 1. The number of ketones is 1. The van der Waals surface area contributed by atoms with Crippen LogP contribution in [-0.4, -0.2) is 16.9 Å². The van der Waals surface area contributed by atoms with Crippen molar-refractivity contribution in [1.29, 1.82) is 0 Å². The lowest BCUT2D eigenvalue weighted by atomic mass is 10.0. The molecule has 22 heavy (non-hydrogen) atoms. The van der Waals surface area contributed by atoms with E-state index in [0.717, 1.165) is 25.0 Å². The fourth-order valence-corrected chi connectivity index (χ4v) is 2.05. The number of unbranched alkanes of at least 4 members (excludes halogenated alkanes) is 1. The van der Waals surface area contributed by atoms with Crippen molar-refractivity contribution in [3.63, 3.8) is 0 Å². The van der Waals surface area contributed by atoms with Gasteiger partial charge in [0.25, 0.3) is 0 Å². The Balaban J connectivity index is 2.20. The standard InChI is InChI=1S/C17H17F2NO2/c1-2-3-6-16(17(21)12-5-4-9-20-11-12)22-15-8-7-13(18)10-14(15)19/h4-5,7-11,16H,2-3,6H2,1H3. The molecule has 0 bridgehead atoms. The molecule has 0 aliphatic rings. The molecule has 5 heteroatoms. The molecule has 0 saturated heterocycles. The predicted molar refractivity (Wildman–Crippen MR) is 78.9 cm³/mol. The molecule has 1 aromatic heterocycles. The lowest BCUT2D eigenvalue weighted by molar-refractivity contribution is 0.0767. The molecule has 0 spiro atoms. The van der Waals surface area contributed by atoms with Gasteiger partial charge in [0.15, 0.2) is 17.7 Å². The number of benzene rings is 1. The monoisotopic (exact) mass is 305 g/mol. The highest BCUT2D eigenvalue weighted by Crippen LogP contribution is 2.22. The Morgan fingerprint density at radius 1 is 1.32 bits per heavy atom. The van der Waals surface area contributed by atoms with E-state index in [9.17, 15) is 13.6 Å². The summed E-state index contributed by atoms with van der Waals surface area (Å²) >= 11 is 0. The van der Waals surface area contributed by atoms with E-state index in [0.29, 0.717) is 12.0 Å².